The first-order valence-corrected chi connectivity index (χ1v) is 14.1. The van der Waals surface area contributed by atoms with Gasteiger partial charge in [-0.25, -0.2) is 0 Å². The fraction of sp³-hybridized carbons (Fsp3) is 1.00. The molecular formula is C29H44. The zero-order valence-electron chi connectivity index (χ0n) is 18.8. The second-order valence-corrected chi connectivity index (χ2v) is 14.9. The van der Waals surface area contributed by atoms with Crippen LogP contribution in [-0.2, 0) is 0 Å². The number of hydrogen-bond acceptors (Lipinski definition) is 0. The van der Waals surface area contributed by atoms with Crippen molar-refractivity contribution in [3.63, 3.8) is 0 Å². The predicted molar refractivity (Wildman–Crippen MR) is 118 cm³/mol. The Balaban J connectivity index is 1.28. The molecule has 10 saturated carbocycles. The molecule has 2 atom stereocenters. The van der Waals surface area contributed by atoms with Crippen molar-refractivity contribution >= 4 is 0 Å². The molecule has 10 bridgehead atoms. The lowest BCUT2D eigenvalue weighted by Crippen LogP contribution is -2.62. The van der Waals surface area contributed by atoms with Gasteiger partial charge in [0.25, 0.3) is 0 Å². The van der Waals surface area contributed by atoms with E-state index >= 15 is 0 Å². The Morgan fingerprint density at radius 1 is 0.414 bits per heavy atom. The lowest BCUT2D eigenvalue weighted by Gasteiger charge is -2.71. The molecule has 0 nitrogen and oxygen atoms in total. The second-order valence-electron chi connectivity index (χ2n) is 14.9. The zero-order chi connectivity index (χ0) is 18.8. The first kappa shape index (κ1) is 17.5. The topological polar surface area (TPSA) is 0 Å². The van der Waals surface area contributed by atoms with Crippen LogP contribution in [0.25, 0.3) is 0 Å². The highest BCUT2D eigenvalue weighted by molar-refractivity contribution is 5.17. The highest BCUT2D eigenvalue weighted by atomic mass is 14.7. The van der Waals surface area contributed by atoms with Crippen LogP contribution < -0.4 is 0 Å². The molecule has 10 rings (SSSR count). The van der Waals surface area contributed by atoms with E-state index in [2.05, 4.69) is 0 Å². The minimum atomic E-state index is 0.806. The van der Waals surface area contributed by atoms with Crippen LogP contribution in [0.15, 0.2) is 0 Å². The van der Waals surface area contributed by atoms with Crippen LogP contribution >= 0.6 is 0 Å². The van der Waals surface area contributed by atoms with Crippen molar-refractivity contribution in [2.24, 2.45) is 63.6 Å². The summed E-state index contributed by atoms with van der Waals surface area (Å²) in [6.45, 7) is 0. The third-order valence-corrected chi connectivity index (χ3v) is 13.0. The molecule has 160 valence electrons. The first-order valence-electron chi connectivity index (χ1n) is 14.1. The van der Waals surface area contributed by atoms with Gasteiger partial charge in [0.2, 0.25) is 0 Å². The van der Waals surface area contributed by atoms with Gasteiger partial charge >= 0.3 is 0 Å². The van der Waals surface area contributed by atoms with Crippen molar-refractivity contribution in [2.75, 3.05) is 0 Å². The Hall–Kier alpha value is 0. The maximum atomic E-state index is 1.69. The van der Waals surface area contributed by atoms with Crippen LogP contribution in [0.5, 0.6) is 0 Å². The summed E-state index contributed by atoms with van der Waals surface area (Å²) in [4.78, 5) is 0. The normalized spacial score (nSPS) is 62.7. The Labute approximate surface area is 179 Å². The Kier molecular flexibility index (Phi) is 3.43. The first-order chi connectivity index (χ1) is 14.1. The third kappa shape index (κ3) is 2.34. The highest BCUT2D eigenvalue weighted by Crippen LogP contribution is 2.77. The zero-order valence-corrected chi connectivity index (χ0v) is 18.8. The summed E-state index contributed by atoms with van der Waals surface area (Å²) in [5.74, 6) is 9.18. The summed E-state index contributed by atoms with van der Waals surface area (Å²) in [6, 6.07) is 0. The van der Waals surface area contributed by atoms with Gasteiger partial charge in [-0.15, -0.1) is 0 Å². The highest BCUT2D eigenvalue weighted by Gasteiger charge is 2.68. The van der Waals surface area contributed by atoms with E-state index in [1.54, 1.807) is 116 Å². The summed E-state index contributed by atoms with van der Waals surface area (Å²) in [6.07, 6.45) is 29.8. The van der Waals surface area contributed by atoms with E-state index in [9.17, 15) is 0 Å². The van der Waals surface area contributed by atoms with Crippen molar-refractivity contribution in [3.05, 3.63) is 0 Å². The molecule has 10 aliphatic rings. The molecular weight excluding hydrogens is 348 g/mol. The molecule has 0 aromatic heterocycles. The van der Waals surface area contributed by atoms with Crippen LogP contribution in [0, 0.1) is 63.6 Å². The fourth-order valence-electron chi connectivity index (χ4n) is 13.9. The van der Waals surface area contributed by atoms with Gasteiger partial charge < -0.3 is 0 Å². The van der Waals surface area contributed by atoms with Gasteiger partial charge in [0.1, 0.15) is 0 Å². The van der Waals surface area contributed by atoms with Crippen LogP contribution in [-0.4, -0.2) is 0 Å². The summed E-state index contributed by atoms with van der Waals surface area (Å²) in [5.41, 5.74) is 2.43. The summed E-state index contributed by atoms with van der Waals surface area (Å²) in [7, 11) is 0. The maximum Gasteiger partial charge on any atom is -0.0243 e. The summed E-state index contributed by atoms with van der Waals surface area (Å²) < 4.78 is 0. The number of hydrogen-bond donors (Lipinski definition) is 0. The smallest absolute Gasteiger partial charge is 0.0243 e. The van der Waals surface area contributed by atoms with Gasteiger partial charge in [-0.3, -0.25) is 0 Å². The quantitative estimate of drug-likeness (QED) is 0.456. The second kappa shape index (κ2) is 5.67. The maximum absolute atomic E-state index is 1.69. The van der Waals surface area contributed by atoms with E-state index in [-0.39, 0.29) is 0 Å². The van der Waals surface area contributed by atoms with E-state index in [1.807, 2.05) is 0 Å². The predicted octanol–water partition coefficient (Wildman–Crippen LogP) is 8.01. The molecule has 0 heteroatoms. The van der Waals surface area contributed by atoms with Crippen molar-refractivity contribution in [3.8, 4) is 0 Å². The van der Waals surface area contributed by atoms with Gasteiger partial charge in [0, 0.05) is 0 Å². The molecule has 10 aliphatic carbocycles. The summed E-state index contributed by atoms with van der Waals surface area (Å²) in [5, 5.41) is 0. The number of fused-ring (bicyclic) bond motifs is 2. The van der Waals surface area contributed by atoms with E-state index in [1.165, 1.54) is 0 Å². The molecule has 0 aliphatic heterocycles. The van der Waals surface area contributed by atoms with Gasteiger partial charge in [-0.05, 0) is 166 Å². The van der Waals surface area contributed by atoms with Crippen LogP contribution in [0.2, 0.25) is 0 Å². The lowest BCUT2D eigenvalue weighted by atomic mass is 9.34. The molecule has 10 fully saturated rings. The minimum Gasteiger partial charge on any atom is -0.0525 e. The molecule has 0 spiro atoms. The molecule has 29 heavy (non-hydrogen) atoms. The van der Waals surface area contributed by atoms with Gasteiger partial charge in [-0.2, -0.15) is 0 Å². The van der Waals surface area contributed by atoms with Crippen LogP contribution in [0.3, 0.4) is 0 Å². The minimum absolute atomic E-state index is 0.806. The molecule has 0 aromatic rings. The molecule has 0 aromatic carbocycles. The lowest BCUT2D eigenvalue weighted by molar-refractivity contribution is -0.214. The van der Waals surface area contributed by atoms with Crippen LogP contribution in [0.4, 0.5) is 0 Å². The molecule has 0 heterocycles. The Bertz CT molecular complexity index is 582. The van der Waals surface area contributed by atoms with Crippen molar-refractivity contribution < 1.29 is 0 Å². The fourth-order valence-corrected chi connectivity index (χ4v) is 13.9. The van der Waals surface area contributed by atoms with Crippen molar-refractivity contribution in [1.29, 1.82) is 0 Å². The SMILES string of the molecule is C1CC2CCC(C(C34CC5CC(CC(C5)C3)C4)C34CC5CC(CC(C5)C3)C4)(C1)C2. The van der Waals surface area contributed by atoms with Crippen molar-refractivity contribution in [1.82, 2.24) is 0 Å². The molecule has 0 saturated heterocycles. The van der Waals surface area contributed by atoms with E-state index in [4.69, 9.17) is 0 Å². The molecule has 0 radical (unpaired) electrons. The van der Waals surface area contributed by atoms with Gasteiger partial charge in [0.15, 0.2) is 0 Å². The molecule has 0 N–H and O–H groups in total. The van der Waals surface area contributed by atoms with Gasteiger partial charge in [0.05, 0.1) is 0 Å². The summed E-state index contributed by atoms with van der Waals surface area (Å²) >= 11 is 0. The van der Waals surface area contributed by atoms with E-state index in [0.717, 1.165) is 63.6 Å². The Morgan fingerprint density at radius 2 is 0.828 bits per heavy atom. The Morgan fingerprint density at radius 3 is 1.28 bits per heavy atom. The van der Waals surface area contributed by atoms with Gasteiger partial charge in [-0.1, -0.05) is 12.8 Å². The standard InChI is InChI=1S/C29H44/c1-2-19-3-5-27(4-1,12-19)26(28-13-20-6-21(14-28)8-22(7-20)15-28)29-16-23-9-24(17-29)11-25(10-23)18-29/h19-26H,1-18H2. The van der Waals surface area contributed by atoms with E-state index in [0.29, 0.717) is 0 Å². The monoisotopic (exact) mass is 392 g/mol. The number of rotatable bonds is 3. The third-order valence-electron chi connectivity index (χ3n) is 13.0. The average Bonchev–Trinajstić information content (AvgIpc) is 2.92. The van der Waals surface area contributed by atoms with E-state index < -0.39 is 0 Å². The van der Waals surface area contributed by atoms with Crippen molar-refractivity contribution in [2.45, 2.75) is 116 Å². The average molecular weight is 393 g/mol. The largest absolute Gasteiger partial charge is 0.0525 e. The molecule has 2 unspecified atom stereocenters. The van der Waals surface area contributed by atoms with Crippen LogP contribution in [0.1, 0.15) is 116 Å². The molecule has 0 amide bonds.